The van der Waals surface area contributed by atoms with Crippen LogP contribution in [0.15, 0.2) is 52.4 Å². The van der Waals surface area contributed by atoms with Crippen molar-refractivity contribution in [3.05, 3.63) is 69.0 Å². The van der Waals surface area contributed by atoms with Crippen molar-refractivity contribution in [3.8, 4) is 5.75 Å². The minimum Gasteiger partial charge on any atom is -0.507 e. The minimum absolute atomic E-state index is 0.228. The Morgan fingerprint density at radius 1 is 1.18 bits per heavy atom. The summed E-state index contributed by atoms with van der Waals surface area (Å²) in [6.07, 6.45) is 1.66. The fraction of sp³-hybridized carbons (Fsp3) is 0.143. The molecule has 8 N–H and O–H groups in total. The number of nitrogens with zero attached hydrogens (tertiary/aromatic N) is 2. The Morgan fingerprint density at radius 2 is 1.97 bits per heavy atom. The van der Waals surface area contributed by atoms with E-state index in [1.54, 1.807) is 18.2 Å². The van der Waals surface area contributed by atoms with Crippen LogP contribution in [0, 0.1) is 0 Å². The predicted molar refractivity (Wildman–Crippen MR) is 126 cm³/mol. The number of hydrogen-bond acceptors (Lipinski definition) is 7. The summed E-state index contributed by atoms with van der Waals surface area (Å²) in [5.74, 6) is 9.86. The number of aromatic hydroxyl groups is 1. The van der Waals surface area contributed by atoms with Gasteiger partial charge in [-0.1, -0.05) is 11.6 Å². The molecule has 172 valence electrons. The van der Waals surface area contributed by atoms with Crippen molar-refractivity contribution in [1.82, 2.24) is 15.6 Å². The smallest absolute Gasteiger partial charge is 0.252 e. The number of aromatic nitrogens is 1. The normalized spacial score (nSPS) is 11.0. The van der Waals surface area contributed by atoms with Gasteiger partial charge >= 0.3 is 0 Å². The number of rotatable bonds is 8. The first-order valence-electron chi connectivity index (χ1n) is 9.75. The first kappa shape index (κ1) is 23.6. The summed E-state index contributed by atoms with van der Waals surface area (Å²) >= 11 is 6.05. The van der Waals surface area contributed by atoms with E-state index in [1.165, 1.54) is 29.5 Å². The molecule has 2 aromatic carbocycles. The number of amides is 2. The Labute approximate surface area is 193 Å². The summed E-state index contributed by atoms with van der Waals surface area (Å²) in [4.78, 5) is 38.5. The standard InChI is InChI=1S/C21H22ClN7O4/c22-14-2-4-17(29(24)11-27-23)12(7-14)5-6-25-20(32)10-26-21(33)13-1-3-16-15(8-13)18(30)9-19(31)28-16/h1-4,7-9,11H,5-6,10,23-24H2,(H,25,32)(H,26,33)(H2,28,30,31)/b27-11-. The number of fused-ring (bicyclic) bond motifs is 1. The highest BCUT2D eigenvalue weighted by molar-refractivity contribution is 6.30. The van der Waals surface area contributed by atoms with Crippen LogP contribution in [-0.2, 0) is 11.2 Å². The number of carbonyl (C=O) groups excluding carboxylic acids is 2. The van der Waals surface area contributed by atoms with Crippen LogP contribution in [0.5, 0.6) is 5.75 Å². The van der Waals surface area contributed by atoms with Gasteiger partial charge in [-0.25, -0.2) is 5.84 Å². The third kappa shape index (κ3) is 5.99. The van der Waals surface area contributed by atoms with Gasteiger partial charge in [0, 0.05) is 28.6 Å². The van der Waals surface area contributed by atoms with Crippen molar-refractivity contribution < 1.29 is 14.7 Å². The molecule has 1 aromatic heterocycles. The molecule has 0 unspecified atom stereocenters. The van der Waals surface area contributed by atoms with Gasteiger partial charge in [0.15, 0.2) is 0 Å². The zero-order valence-corrected chi connectivity index (χ0v) is 18.1. The van der Waals surface area contributed by atoms with Gasteiger partial charge in [-0.15, -0.1) is 0 Å². The average molecular weight is 472 g/mol. The Kier molecular flexibility index (Phi) is 7.49. The molecule has 0 fully saturated rings. The molecule has 12 heteroatoms. The number of nitrogens with two attached hydrogens (primary N) is 2. The molecule has 0 saturated heterocycles. The lowest BCUT2D eigenvalue weighted by molar-refractivity contribution is -0.120. The molecular formula is C21H22ClN7O4. The number of hydrazine groups is 1. The molecular weight excluding hydrogens is 450 g/mol. The number of H-pyrrole nitrogens is 1. The quantitative estimate of drug-likeness (QED) is 0.120. The highest BCUT2D eigenvalue weighted by Gasteiger charge is 2.12. The van der Waals surface area contributed by atoms with Gasteiger partial charge in [0.1, 0.15) is 12.1 Å². The maximum absolute atomic E-state index is 12.4. The van der Waals surface area contributed by atoms with Crippen LogP contribution >= 0.6 is 11.6 Å². The van der Waals surface area contributed by atoms with E-state index >= 15 is 0 Å². The van der Waals surface area contributed by atoms with Crippen LogP contribution in [-0.4, -0.2) is 41.3 Å². The molecule has 11 nitrogen and oxygen atoms in total. The topological polar surface area (TPSA) is 179 Å². The number of anilines is 1. The van der Waals surface area contributed by atoms with Crippen LogP contribution < -0.4 is 32.9 Å². The lowest BCUT2D eigenvalue weighted by atomic mass is 10.1. The lowest BCUT2D eigenvalue weighted by Gasteiger charge is -2.17. The van der Waals surface area contributed by atoms with Gasteiger partial charge in [-0.2, -0.15) is 5.10 Å². The number of benzene rings is 2. The maximum atomic E-state index is 12.4. The monoisotopic (exact) mass is 471 g/mol. The summed E-state index contributed by atoms with van der Waals surface area (Å²) < 4.78 is 0. The van der Waals surface area contributed by atoms with Crippen molar-refractivity contribution in [2.75, 3.05) is 18.1 Å². The molecule has 0 spiro atoms. The molecule has 0 radical (unpaired) electrons. The maximum Gasteiger partial charge on any atom is 0.252 e. The largest absolute Gasteiger partial charge is 0.507 e. The van der Waals surface area contributed by atoms with Crippen molar-refractivity contribution in [2.45, 2.75) is 6.42 Å². The van der Waals surface area contributed by atoms with Crippen LogP contribution in [0.4, 0.5) is 5.69 Å². The third-order valence-corrected chi connectivity index (χ3v) is 4.96. The van der Waals surface area contributed by atoms with E-state index in [-0.39, 0.29) is 24.4 Å². The Balaban J connectivity index is 1.55. The van der Waals surface area contributed by atoms with E-state index in [1.807, 2.05) is 0 Å². The molecule has 0 atom stereocenters. The lowest BCUT2D eigenvalue weighted by Crippen LogP contribution is -2.38. The first-order chi connectivity index (χ1) is 15.8. The zero-order chi connectivity index (χ0) is 24.0. The molecule has 3 aromatic rings. The number of carbonyl (C=O) groups is 2. The first-order valence-corrected chi connectivity index (χ1v) is 10.1. The van der Waals surface area contributed by atoms with E-state index in [0.717, 1.165) is 11.6 Å². The molecule has 0 saturated carbocycles. The highest BCUT2D eigenvalue weighted by atomic mass is 35.5. The number of aromatic amines is 1. The van der Waals surface area contributed by atoms with Gasteiger partial charge in [0.05, 0.1) is 17.7 Å². The second-order valence-corrected chi connectivity index (χ2v) is 7.44. The van der Waals surface area contributed by atoms with Crippen LogP contribution in [0.3, 0.4) is 0 Å². The van der Waals surface area contributed by atoms with E-state index in [0.29, 0.717) is 28.0 Å². The third-order valence-electron chi connectivity index (χ3n) is 4.72. The fourth-order valence-electron chi connectivity index (χ4n) is 3.18. The minimum atomic E-state index is -0.505. The molecule has 0 aliphatic carbocycles. The van der Waals surface area contributed by atoms with Crippen molar-refractivity contribution in [1.29, 1.82) is 0 Å². The Hall–Kier alpha value is -4.09. The van der Waals surface area contributed by atoms with Gasteiger partial charge < -0.3 is 26.6 Å². The number of hydrazone groups is 1. The second kappa shape index (κ2) is 10.5. The van der Waals surface area contributed by atoms with E-state index < -0.39 is 17.4 Å². The molecule has 0 aliphatic heterocycles. The van der Waals surface area contributed by atoms with Crippen LogP contribution in [0.2, 0.25) is 5.02 Å². The van der Waals surface area contributed by atoms with Crippen LogP contribution in [0.1, 0.15) is 15.9 Å². The summed E-state index contributed by atoms with van der Waals surface area (Å²) in [5, 5.41) is 20.6. The van der Waals surface area contributed by atoms with Gasteiger partial charge in [0.2, 0.25) is 5.91 Å². The zero-order valence-electron chi connectivity index (χ0n) is 17.3. The summed E-state index contributed by atoms with van der Waals surface area (Å²) in [7, 11) is 0. The van der Waals surface area contributed by atoms with E-state index in [2.05, 4.69) is 20.7 Å². The highest BCUT2D eigenvalue weighted by Crippen LogP contribution is 2.23. The molecule has 0 bridgehead atoms. The number of nitrogens with one attached hydrogen (secondary N) is 3. The molecule has 2 amide bonds. The Morgan fingerprint density at radius 3 is 2.73 bits per heavy atom. The van der Waals surface area contributed by atoms with Gasteiger partial charge in [0.25, 0.3) is 11.5 Å². The number of pyridine rings is 1. The van der Waals surface area contributed by atoms with Gasteiger partial charge in [-0.3, -0.25) is 19.4 Å². The van der Waals surface area contributed by atoms with E-state index in [4.69, 9.17) is 23.3 Å². The summed E-state index contributed by atoms with van der Waals surface area (Å²) in [6.45, 7) is 0.0204. The molecule has 3 rings (SSSR count). The van der Waals surface area contributed by atoms with E-state index in [9.17, 15) is 19.5 Å². The number of halogens is 1. The molecule has 33 heavy (non-hydrogen) atoms. The van der Waals surface area contributed by atoms with Crippen molar-refractivity contribution in [3.63, 3.8) is 0 Å². The molecule has 0 aliphatic rings. The Bertz CT molecular complexity index is 1280. The molecule has 1 heterocycles. The summed E-state index contributed by atoms with van der Waals surface area (Å²) in [5.41, 5.74) is 1.56. The van der Waals surface area contributed by atoms with Crippen molar-refractivity contribution in [2.24, 2.45) is 16.8 Å². The predicted octanol–water partition coefficient (Wildman–Crippen LogP) is 0.558. The average Bonchev–Trinajstić information content (AvgIpc) is 2.77. The number of hydrogen-bond donors (Lipinski definition) is 6. The van der Waals surface area contributed by atoms with Crippen LogP contribution in [0.25, 0.3) is 10.9 Å². The summed E-state index contributed by atoms with van der Waals surface area (Å²) in [6, 6.07) is 10.5. The fourth-order valence-corrected chi connectivity index (χ4v) is 3.37. The van der Waals surface area contributed by atoms with Crippen molar-refractivity contribution >= 4 is 46.3 Å². The van der Waals surface area contributed by atoms with Gasteiger partial charge in [-0.05, 0) is 48.4 Å². The SMILES string of the molecule is N/N=C\N(N)c1ccc(Cl)cc1CCNC(=O)CNC(=O)c1ccc2[nH]c(=O)cc(O)c2c1. The second-order valence-electron chi connectivity index (χ2n) is 7.01.